The van der Waals surface area contributed by atoms with Gasteiger partial charge in [-0.15, -0.1) is 0 Å². The van der Waals surface area contributed by atoms with Crippen LogP contribution in [0.3, 0.4) is 0 Å². The van der Waals surface area contributed by atoms with E-state index in [1.165, 1.54) is 0 Å². The van der Waals surface area contributed by atoms with Crippen LogP contribution in [0.5, 0.6) is 0 Å². The third-order valence-corrected chi connectivity index (χ3v) is 2.53. The van der Waals surface area contributed by atoms with Crippen molar-refractivity contribution in [2.75, 3.05) is 33.3 Å². The number of hydrogen-bond donors (Lipinski definition) is 1. The Morgan fingerprint density at radius 1 is 1.60 bits per heavy atom. The molecule has 1 fully saturated rings. The third kappa shape index (κ3) is 3.34. The molecule has 1 aliphatic rings. The van der Waals surface area contributed by atoms with Crippen LogP contribution in [-0.4, -0.2) is 44.3 Å². The maximum absolute atomic E-state index is 5.63. The molecule has 1 unspecified atom stereocenters. The standard InChI is InChI=1S/C11H18N2O2/c1-13(8-10-3-2-5-14-10)9-11-7-12-4-6-15-11/h2-3,5,11-12H,4,6-9H2,1H3. The summed E-state index contributed by atoms with van der Waals surface area (Å²) in [6, 6.07) is 3.91. The smallest absolute Gasteiger partial charge is 0.117 e. The van der Waals surface area contributed by atoms with Crippen molar-refractivity contribution in [1.29, 1.82) is 0 Å². The van der Waals surface area contributed by atoms with Crippen LogP contribution in [0.25, 0.3) is 0 Å². The molecule has 0 aromatic carbocycles. The Hall–Kier alpha value is -0.840. The number of furan rings is 1. The van der Waals surface area contributed by atoms with Gasteiger partial charge in [-0.1, -0.05) is 0 Å². The van der Waals surface area contributed by atoms with Crippen LogP contribution in [-0.2, 0) is 11.3 Å². The van der Waals surface area contributed by atoms with Gasteiger partial charge >= 0.3 is 0 Å². The van der Waals surface area contributed by atoms with Crippen molar-refractivity contribution in [1.82, 2.24) is 10.2 Å². The third-order valence-electron chi connectivity index (χ3n) is 2.53. The molecule has 0 aliphatic carbocycles. The van der Waals surface area contributed by atoms with Crippen LogP contribution in [0, 0.1) is 0 Å². The Kier molecular flexibility index (Phi) is 3.77. The second-order valence-corrected chi connectivity index (χ2v) is 3.97. The molecule has 1 saturated heterocycles. The number of likely N-dealkylation sites (N-methyl/N-ethyl adjacent to an activating group) is 1. The molecule has 0 saturated carbocycles. The molecule has 0 amide bonds. The van der Waals surface area contributed by atoms with E-state index < -0.39 is 0 Å². The van der Waals surface area contributed by atoms with Gasteiger partial charge in [-0.25, -0.2) is 0 Å². The monoisotopic (exact) mass is 210 g/mol. The van der Waals surface area contributed by atoms with Crippen LogP contribution >= 0.6 is 0 Å². The van der Waals surface area contributed by atoms with Gasteiger partial charge < -0.3 is 14.5 Å². The fourth-order valence-corrected chi connectivity index (χ4v) is 1.82. The van der Waals surface area contributed by atoms with E-state index in [2.05, 4.69) is 17.3 Å². The zero-order valence-corrected chi connectivity index (χ0v) is 9.11. The molecule has 1 atom stereocenters. The van der Waals surface area contributed by atoms with Gasteiger partial charge in [0.15, 0.2) is 0 Å². The average molecular weight is 210 g/mol. The van der Waals surface area contributed by atoms with Gasteiger partial charge in [0.1, 0.15) is 5.76 Å². The molecular formula is C11H18N2O2. The zero-order valence-electron chi connectivity index (χ0n) is 9.11. The minimum absolute atomic E-state index is 0.304. The van der Waals surface area contributed by atoms with Crippen molar-refractivity contribution in [2.24, 2.45) is 0 Å². The molecular weight excluding hydrogens is 192 g/mol. The molecule has 4 heteroatoms. The predicted octanol–water partition coefficient (Wildman–Crippen LogP) is 0.700. The number of hydrogen-bond acceptors (Lipinski definition) is 4. The Morgan fingerprint density at radius 2 is 2.53 bits per heavy atom. The highest BCUT2D eigenvalue weighted by Crippen LogP contribution is 2.05. The van der Waals surface area contributed by atoms with Crippen molar-refractivity contribution < 1.29 is 9.15 Å². The summed E-state index contributed by atoms with van der Waals surface area (Å²) in [7, 11) is 2.08. The van der Waals surface area contributed by atoms with Gasteiger partial charge in [-0.05, 0) is 19.2 Å². The molecule has 2 heterocycles. The van der Waals surface area contributed by atoms with Gasteiger partial charge in [0, 0.05) is 19.6 Å². The average Bonchev–Trinajstić information content (AvgIpc) is 2.71. The second-order valence-electron chi connectivity index (χ2n) is 3.97. The first kappa shape index (κ1) is 10.7. The summed E-state index contributed by atoms with van der Waals surface area (Å²) in [5, 5.41) is 3.32. The summed E-state index contributed by atoms with van der Waals surface area (Å²) in [6.45, 7) is 4.51. The first-order valence-electron chi connectivity index (χ1n) is 5.38. The van der Waals surface area contributed by atoms with Crippen LogP contribution in [0.1, 0.15) is 5.76 Å². The number of rotatable bonds is 4. The number of nitrogens with one attached hydrogen (secondary N) is 1. The molecule has 1 aromatic rings. The summed E-state index contributed by atoms with van der Waals surface area (Å²) in [6.07, 6.45) is 2.01. The highest BCUT2D eigenvalue weighted by atomic mass is 16.5. The van der Waals surface area contributed by atoms with Gasteiger partial charge in [0.05, 0.1) is 25.5 Å². The fourth-order valence-electron chi connectivity index (χ4n) is 1.82. The van der Waals surface area contributed by atoms with Crippen molar-refractivity contribution >= 4 is 0 Å². The van der Waals surface area contributed by atoms with Gasteiger partial charge in [-0.2, -0.15) is 0 Å². The Bertz CT molecular complexity index is 268. The molecule has 2 rings (SSSR count). The SMILES string of the molecule is CN(Cc1ccco1)CC1CNCCO1. The van der Waals surface area contributed by atoms with Gasteiger partial charge in [0.2, 0.25) is 0 Å². The highest BCUT2D eigenvalue weighted by Gasteiger charge is 2.15. The Balaban J connectivity index is 1.74. The number of ether oxygens (including phenoxy) is 1. The van der Waals surface area contributed by atoms with Crippen molar-refractivity contribution in [3.8, 4) is 0 Å². The van der Waals surface area contributed by atoms with E-state index in [1.54, 1.807) is 6.26 Å². The quantitative estimate of drug-likeness (QED) is 0.794. The summed E-state index contributed by atoms with van der Waals surface area (Å²) in [5.74, 6) is 1.00. The molecule has 1 aliphatic heterocycles. The van der Waals surface area contributed by atoms with Gasteiger partial charge in [0.25, 0.3) is 0 Å². The molecule has 1 aromatic heterocycles. The molecule has 15 heavy (non-hydrogen) atoms. The molecule has 1 N–H and O–H groups in total. The van der Waals surface area contributed by atoms with Crippen LogP contribution in [0.2, 0.25) is 0 Å². The Labute approximate surface area is 90.2 Å². The summed E-state index contributed by atoms with van der Waals surface area (Å²) in [4.78, 5) is 2.22. The first-order chi connectivity index (χ1) is 7.34. The molecule has 84 valence electrons. The van der Waals surface area contributed by atoms with E-state index in [0.29, 0.717) is 6.10 Å². The van der Waals surface area contributed by atoms with Crippen LogP contribution in [0.15, 0.2) is 22.8 Å². The summed E-state index contributed by atoms with van der Waals surface area (Å²) in [5.41, 5.74) is 0. The minimum Gasteiger partial charge on any atom is -0.468 e. The summed E-state index contributed by atoms with van der Waals surface area (Å²) >= 11 is 0. The van der Waals surface area contributed by atoms with E-state index >= 15 is 0 Å². The number of morpholine rings is 1. The largest absolute Gasteiger partial charge is 0.468 e. The minimum atomic E-state index is 0.304. The normalized spacial score (nSPS) is 22.1. The van der Waals surface area contributed by atoms with E-state index in [9.17, 15) is 0 Å². The van der Waals surface area contributed by atoms with E-state index in [0.717, 1.165) is 38.5 Å². The maximum atomic E-state index is 5.63. The lowest BCUT2D eigenvalue weighted by molar-refractivity contribution is 0.00797. The van der Waals surface area contributed by atoms with Crippen molar-refractivity contribution in [2.45, 2.75) is 12.6 Å². The van der Waals surface area contributed by atoms with E-state index in [1.807, 2.05) is 12.1 Å². The Morgan fingerprint density at radius 3 is 3.20 bits per heavy atom. The number of nitrogens with zero attached hydrogens (tertiary/aromatic N) is 1. The molecule has 0 bridgehead atoms. The first-order valence-corrected chi connectivity index (χ1v) is 5.38. The lowest BCUT2D eigenvalue weighted by Crippen LogP contribution is -2.44. The van der Waals surface area contributed by atoms with Gasteiger partial charge in [-0.3, -0.25) is 4.90 Å². The maximum Gasteiger partial charge on any atom is 0.117 e. The highest BCUT2D eigenvalue weighted by molar-refractivity contribution is 4.97. The molecule has 0 radical (unpaired) electrons. The lowest BCUT2D eigenvalue weighted by atomic mass is 10.3. The van der Waals surface area contributed by atoms with Crippen molar-refractivity contribution in [3.63, 3.8) is 0 Å². The van der Waals surface area contributed by atoms with Crippen LogP contribution in [0.4, 0.5) is 0 Å². The van der Waals surface area contributed by atoms with Crippen LogP contribution < -0.4 is 5.32 Å². The lowest BCUT2D eigenvalue weighted by Gasteiger charge is -2.27. The molecule has 4 nitrogen and oxygen atoms in total. The van der Waals surface area contributed by atoms with E-state index in [-0.39, 0.29) is 0 Å². The zero-order chi connectivity index (χ0) is 10.5. The van der Waals surface area contributed by atoms with E-state index in [4.69, 9.17) is 9.15 Å². The van der Waals surface area contributed by atoms with Crippen molar-refractivity contribution in [3.05, 3.63) is 24.2 Å². The summed E-state index contributed by atoms with van der Waals surface area (Å²) < 4.78 is 10.9. The second kappa shape index (κ2) is 5.30. The fraction of sp³-hybridized carbons (Fsp3) is 0.636. The predicted molar refractivity (Wildman–Crippen MR) is 57.7 cm³/mol. The topological polar surface area (TPSA) is 37.6 Å². The molecule has 0 spiro atoms.